The summed E-state index contributed by atoms with van der Waals surface area (Å²) in [6.45, 7) is 11.6. The molecule has 1 aromatic heterocycles. The highest BCUT2D eigenvalue weighted by Gasteiger charge is 2.34. The molecule has 3 rings (SSSR count). The van der Waals surface area contributed by atoms with Crippen LogP contribution in [-0.2, 0) is 6.54 Å². The molecule has 0 saturated carbocycles. The third kappa shape index (κ3) is 3.59. The minimum atomic E-state index is 0.224. The molecule has 1 aromatic rings. The zero-order valence-corrected chi connectivity index (χ0v) is 15.9. The number of urea groups is 1. The van der Waals surface area contributed by atoms with Crippen LogP contribution in [0.2, 0.25) is 0 Å². The lowest BCUT2D eigenvalue weighted by molar-refractivity contribution is 0.126. The molecule has 25 heavy (non-hydrogen) atoms. The second-order valence-electron chi connectivity index (χ2n) is 7.11. The summed E-state index contributed by atoms with van der Waals surface area (Å²) < 4.78 is 5.52. The van der Waals surface area contributed by atoms with Crippen molar-refractivity contribution in [2.75, 3.05) is 39.8 Å². The third-order valence-electron chi connectivity index (χ3n) is 5.63. The Hall–Kier alpha value is -1.82. The van der Waals surface area contributed by atoms with Gasteiger partial charge in [0.25, 0.3) is 0 Å². The Kier molecular flexibility index (Phi) is 5.47. The maximum absolute atomic E-state index is 12.4. The molecule has 138 valence electrons. The first kappa shape index (κ1) is 18.0. The van der Waals surface area contributed by atoms with Crippen LogP contribution in [0.1, 0.15) is 36.6 Å². The normalized spacial score (nSPS) is 19.8. The number of likely N-dealkylation sites (N-methyl/N-ethyl adjacent to an activating group) is 1. The fourth-order valence-electron chi connectivity index (χ4n) is 4.06. The van der Waals surface area contributed by atoms with Crippen LogP contribution in [0.5, 0.6) is 5.75 Å². The van der Waals surface area contributed by atoms with E-state index in [-0.39, 0.29) is 6.03 Å². The van der Waals surface area contributed by atoms with Crippen molar-refractivity contribution < 1.29 is 9.53 Å². The topological polar surface area (TPSA) is 48.9 Å². The largest absolute Gasteiger partial charge is 0.496 e. The highest BCUT2D eigenvalue weighted by molar-refractivity contribution is 5.76. The predicted molar refractivity (Wildman–Crippen MR) is 97.9 cm³/mol. The number of carbonyl (C=O) groups is 1. The van der Waals surface area contributed by atoms with E-state index < -0.39 is 0 Å². The van der Waals surface area contributed by atoms with Crippen molar-refractivity contribution in [3.05, 3.63) is 23.0 Å². The lowest BCUT2D eigenvalue weighted by atomic mass is 10.0. The number of hydrogen-bond acceptors (Lipinski definition) is 4. The number of amides is 2. The van der Waals surface area contributed by atoms with Crippen molar-refractivity contribution in [2.24, 2.45) is 0 Å². The lowest BCUT2D eigenvalue weighted by Crippen LogP contribution is -2.46. The highest BCUT2D eigenvalue weighted by atomic mass is 16.5. The van der Waals surface area contributed by atoms with Gasteiger partial charge in [0.2, 0.25) is 0 Å². The number of piperidine rings is 1. The van der Waals surface area contributed by atoms with Crippen molar-refractivity contribution in [2.45, 2.75) is 46.2 Å². The fraction of sp³-hybridized carbons (Fsp3) is 0.684. The van der Waals surface area contributed by atoms with Crippen LogP contribution >= 0.6 is 0 Å². The number of carbonyl (C=O) groups excluding carboxylic acids is 1. The molecule has 2 aliphatic heterocycles. The molecule has 6 heteroatoms. The van der Waals surface area contributed by atoms with E-state index in [9.17, 15) is 4.79 Å². The van der Waals surface area contributed by atoms with E-state index in [1.165, 1.54) is 0 Å². The Morgan fingerprint density at radius 3 is 2.52 bits per heavy atom. The number of aryl methyl sites for hydroxylation is 1. The van der Waals surface area contributed by atoms with Gasteiger partial charge in [-0.2, -0.15) is 0 Å². The third-order valence-corrected chi connectivity index (χ3v) is 5.63. The van der Waals surface area contributed by atoms with E-state index in [0.29, 0.717) is 6.04 Å². The maximum atomic E-state index is 12.4. The van der Waals surface area contributed by atoms with E-state index in [1.807, 2.05) is 18.0 Å². The van der Waals surface area contributed by atoms with Gasteiger partial charge in [-0.25, -0.2) is 4.79 Å². The van der Waals surface area contributed by atoms with Crippen molar-refractivity contribution in [3.63, 3.8) is 0 Å². The minimum absolute atomic E-state index is 0.224. The van der Waals surface area contributed by atoms with Crippen molar-refractivity contribution in [3.8, 4) is 5.75 Å². The van der Waals surface area contributed by atoms with Crippen LogP contribution in [0.4, 0.5) is 4.79 Å². The zero-order chi connectivity index (χ0) is 18.0. The van der Waals surface area contributed by atoms with Gasteiger partial charge < -0.3 is 14.5 Å². The average molecular weight is 346 g/mol. The Morgan fingerprint density at radius 2 is 1.92 bits per heavy atom. The molecule has 2 saturated heterocycles. The highest BCUT2D eigenvalue weighted by Crippen LogP contribution is 2.26. The monoisotopic (exact) mass is 346 g/mol. The Bertz CT molecular complexity index is 626. The zero-order valence-electron chi connectivity index (χ0n) is 15.9. The van der Waals surface area contributed by atoms with E-state index >= 15 is 0 Å². The van der Waals surface area contributed by atoms with Gasteiger partial charge >= 0.3 is 6.03 Å². The molecule has 0 bridgehead atoms. The molecule has 0 aliphatic carbocycles. The summed E-state index contributed by atoms with van der Waals surface area (Å²) in [5.41, 5.74) is 3.31. The Balaban J connectivity index is 1.58. The summed E-state index contributed by atoms with van der Waals surface area (Å²) in [5.74, 6) is 0.946. The van der Waals surface area contributed by atoms with Crippen LogP contribution in [-0.4, -0.2) is 71.6 Å². The first-order valence-electron chi connectivity index (χ1n) is 9.32. The smallest absolute Gasteiger partial charge is 0.320 e. The number of hydrogen-bond donors (Lipinski definition) is 0. The number of pyridine rings is 1. The molecular formula is C19H30N4O2. The maximum Gasteiger partial charge on any atom is 0.320 e. The van der Waals surface area contributed by atoms with Crippen LogP contribution < -0.4 is 4.74 Å². The molecule has 0 atom stereocenters. The van der Waals surface area contributed by atoms with Crippen LogP contribution in [0, 0.1) is 13.8 Å². The Morgan fingerprint density at radius 1 is 1.20 bits per heavy atom. The summed E-state index contributed by atoms with van der Waals surface area (Å²) in [7, 11) is 1.72. The summed E-state index contributed by atoms with van der Waals surface area (Å²) in [6.07, 6.45) is 3.99. The molecule has 0 unspecified atom stereocenters. The molecule has 0 N–H and O–H groups in total. The van der Waals surface area contributed by atoms with E-state index in [1.54, 1.807) is 7.11 Å². The van der Waals surface area contributed by atoms with Gasteiger partial charge in [0.15, 0.2) is 0 Å². The van der Waals surface area contributed by atoms with Gasteiger partial charge in [-0.05, 0) is 33.6 Å². The van der Waals surface area contributed by atoms with Crippen LogP contribution in [0.3, 0.4) is 0 Å². The molecule has 0 radical (unpaired) electrons. The molecule has 3 heterocycles. The second kappa shape index (κ2) is 7.60. The first-order chi connectivity index (χ1) is 12.0. The summed E-state index contributed by atoms with van der Waals surface area (Å²) in [5, 5.41) is 0. The van der Waals surface area contributed by atoms with Gasteiger partial charge in [-0.15, -0.1) is 0 Å². The van der Waals surface area contributed by atoms with Crippen molar-refractivity contribution in [1.82, 2.24) is 19.7 Å². The van der Waals surface area contributed by atoms with Crippen LogP contribution in [0.15, 0.2) is 6.20 Å². The van der Waals surface area contributed by atoms with Crippen LogP contribution in [0.25, 0.3) is 0 Å². The quantitative estimate of drug-likeness (QED) is 0.822. The first-order valence-corrected chi connectivity index (χ1v) is 9.32. The molecule has 2 aliphatic rings. The van der Waals surface area contributed by atoms with Gasteiger partial charge in [-0.3, -0.25) is 9.88 Å². The fourth-order valence-corrected chi connectivity index (χ4v) is 4.06. The Labute approximate surface area is 150 Å². The molecule has 0 aromatic carbocycles. The summed E-state index contributed by atoms with van der Waals surface area (Å²) in [4.78, 5) is 23.5. The number of aromatic nitrogens is 1. The molecule has 2 amide bonds. The second-order valence-corrected chi connectivity index (χ2v) is 7.11. The van der Waals surface area contributed by atoms with Crippen molar-refractivity contribution >= 4 is 6.03 Å². The van der Waals surface area contributed by atoms with Crippen molar-refractivity contribution in [1.29, 1.82) is 0 Å². The average Bonchev–Trinajstić information content (AvgIpc) is 2.99. The lowest BCUT2D eigenvalue weighted by Gasteiger charge is -2.36. The number of likely N-dealkylation sites (tertiary alicyclic amines) is 1. The SMILES string of the molecule is CCN1CCN(C2CCN(Cc3ncc(C)c(OC)c3C)CC2)C1=O. The van der Waals surface area contributed by atoms with Gasteiger partial charge in [-0.1, -0.05) is 0 Å². The van der Waals surface area contributed by atoms with E-state index in [4.69, 9.17) is 4.74 Å². The standard InChI is InChI=1S/C19H30N4O2/c1-5-22-10-11-23(19(22)24)16-6-8-21(9-7-16)13-17-15(3)18(25-4)14(2)12-20-17/h12,16H,5-11,13H2,1-4H3. The van der Waals surface area contributed by atoms with Gasteiger partial charge in [0.1, 0.15) is 5.75 Å². The number of methoxy groups -OCH3 is 1. The van der Waals surface area contributed by atoms with Gasteiger partial charge in [0.05, 0.1) is 12.8 Å². The predicted octanol–water partition coefficient (Wildman–Crippen LogP) is 2.43. The molecule has 6 nitrogen and oxygen atoms in total. The minimum Gasteiger partial charge on any atom is -0.496 e. The number of nitrogens with zero attached hydrogens (tertiary/aromatic N) is 4. The van der Waals surface area contributed by atoms with E-state index in [0.717, 1.165) is 74.7 Å². The molecular weight excluding hydrogens is 316 g/mol. The molecule has 0 spiro atoms. The number of ether oxygens (including phenoxy) is 1. The van der Waals surface area contributed by atoms with Gasteiger partial charge in [0, 0.05) is 62.6 Å². The summed E-state index contributed by atoms with van der Waals surface area (Å²) >= 11 is 0. The summed E-state index contributed by atoms with van der Waals surface area (Å²) in [6, 6.07) is 0.614. The molecule has 2 fully saturated rings. The van der Waals surface area contributed by atoms with E-state index in [2.05, 4.69) is 28.6 Å². The number of rotatable bonds is 5.